The molecule has 0 spiro atoms. The third-order valence-corrected chi connectivity index (χ3v) is 3.70. The van der Waals surface area contributed by atoms with Crippen molar-refractivity contribution >= 4 is 6.03 Å². The lowest BCUT2D eigenvalue weighted by Crippen LogP contribution is -2.40. The highest BCUT2D eigenvalue weighted by molar-refractivity contribution is 5.74. The van der Waals surface area contributed by atoms with Gasteiger partial charge < -0.3 is 10.6 Å². The Hall–Kier alpha value is -2.57. The van der Waals surface area contributed by atoms with Gasteiger partial charge in [-0.15, -0.1) is 0 Å². The average Bonchev–Trinajstić information content (AvgIpc) is 2.50. The smallest absolute Gasteiger partial charge is 0.315 e. The Kier molecular flexibility index (Phi) is 6.01. The highest BCUT2D eigenvalue weighted by Crippen LogP contribution is 2.24. The topological polar surface area (TPSA) is 66.9 Å². The summed E-state index contributed by atoms with van der Waals surface area (Å²) in [5.74, 6) is -0.774. The molecule has 0 aliphatic carbocycles. The van der Waals surface area contributed by atoms with Crippen LogP contribution in [-0.4, -0.2) is 16.0 Å². The molecule has 2 aromatic rings. The SMILES string of the molecule is Cc1cc(CNC(=O)N[C@H](c2ccc(F)cc2F)C(C)C)nc(C)n1. The number of amides is 2. The van der Waals surface area contributed by atoms with Crippen LogP contribution in [0.25, 0.3) is 0 Å². The second kappa shape index (κ2) is 8.00. The molecule has 134 valence electrons. The van der Waals surface area contributed by atoms with E-state index in [-0.39, 0.29) is 18.0 Å². The van der Waals surface area contributed by atoms with Crippen LogP contribution in [0.5, 0.6) is 0 Å². The molecule has 0 aliphatic heterocycles. The van der Waals surface area contributed by atoms with Crippen LogP contribution in [-0.2, 0) is 6.54 Å². The van der Waals surface area contributed by atoms with Gasteiger partial charge in [-0.2, -0.15) is 0 Å². The predicted molar refractivity (Wildman–Crippen MR) is 90.8 cm³/mol. The summed E-state index contributed by atoms with van der Waals surface area (Å²) in [6.45, 7) is 7.57. The molecular weight excluding hydrogens is 326 g/mol. The van der Waals surface area contributed by atoms with E-state index < -0.39 is 23.7 Å². The maximum absolute atomic E-state index is 14.0. The summed E-state index contributed by atoms with van der Waals surface area (Å²) < 4.78 is 27.1. The molecule has 1 aromatic carbocycles. The number of nitrogens with one attached hydrogen (secondary N) is 2. The van der Waals surface area contributed by atoms with Crippen molar-refractivity contribution in [3.8, 4) is 0 Å². The summed E-state index contributed by atoms with van der Waals surface area (Å²) in [5, 5.41) is 5.44. The van der Waals surface area contributed by atoms with Gasteiger partial charge >= 0.3 is 6.03 Å². The van der Waals surface area contributed by atoms with Gasteiger partial charge in [-0.25, -0.2) is 23.5 Å². The number of aromatic nitrogens is 2. The zero-order chi connectivity index (χ0) is 18.6. The molecule has 2 amide bonds. The first-order valence-electron chi connectivity index (χ1n) is 8.06. The van der Waals surface area contributed by atoms with Crippen LogP contribution in [0.1, 0.15) is 42.7 Å². The minimum Gasteiger partial charge on any atom is -0.332 e. The van der Waals surface area contributed by atoms with Crippen molar-refractivity contribution in [2.45, 2.75) is 40.3 Å². The lowest BCUT2D eigenvalue weighted by atomic mass is 9.95. The number of carbonyl (C=O) groups excluding carboxylic acids is 1. The second-order valence-corrected chi connectivity index (χ2v) is 6.26. The maximum Gasteiger partial charge on any atom is 0.315 e. The number of rotatable bonds is 5. The van der Waals surface area contributed by atoms with Crippen LogP contribution in [0.2, 0.25) is 0 Å². The minimum absolute atomic E-state index is 0.0748. The molecule has 0 fully saturated rings. The molecule has 0 unspecified atom stereocenters. The van der Waals surface area contributed by atoms with Crippen molar-refractivity contribution in [1.82, 2.24) is 20.6 Å². The van der Waals surface area contributed by atoms with Crippen LogP contribution in [0.4, 0.5) is 13.6 Å². The van der Waals surface area contributed by atoms with Gasteiger partial charge in [0.05, 0.1) is 18.3 Å². The molecule has 0 bridgehead atoms. The molecule has 0 radical (unpaired) electrons. The first-order valence-corrected chi connectivity index (χ1v) is 8.06. The lowest BCUT2D eigenvalue weighted by molar-refractivity contribution is 0.232. The Morgan fingerprint density at radius 1 is 1.16 bits per heavy atom. The Balaban J connectivity index is 2.05. The standard InChI is InChI=1S/C18H22F2N4O/c1-10(2)17(15-6-5-13(19)8-16(15)20)24-18(25)21-9-14-7-11(3)22-12(4)23-14/h5-8,10,17H,9H2,1-4H3,(H2,21,24,25)/t17-/m0/s1. The van der Waals surface area contributed by atoms with Crippen LogP contribution >= 0.6 is 0 Å². The van der Waals surface area contributed by atoms with E-state index in [1.165, 1.54) is 12.1 Å². The van der Waals surface area contributed by atoms with Crippen LogP contribution in [0.3, 0.4) is 0 Å². The summed E-state index contributed by atoms with van der Waals surface area (Å²) in [7, 11) is 0. The average molecular weight is 348 g/mol. The number of benzene rings is 1. The van der Waals surface area contributed by atoms with Crippen molar-refractivity contribution in [3.05, 3.63) is 58.7 Å². The fourth-order valence-corrected chi connectivity index (χ4v) is 2.60. The van der Waals surface area contributed by atoms with E-state index in [1.807, 2.05) is 20.8 Å². The molecule has 7 heteroatoms. The monoisotopic (exact) mass is 348 g/mol. The first-order chi connectivity index (χ1) is 11.8. The number of halogens is 2. The van der Waals surface area contributed by atoms with Gasteiger partial charge in [0.15, 0.2) is 0 Å². The Bertz CT molecular complexity index is 744. The molecule has 1 heterocycles. The van der Waals surface area contributed by atoms with E-state index >= 15 is 0 Å². The molecule has 1 atom stereocenters. The maximum atomic E-state index is 14.0. The Labute approximate surface area is 145 Å². The normalized spacial score (nSPS) is 12.1. The molecule has 1 aromatic heterocycles. The largest absolute Gasteiger partial charge is 0.332 e. The van der Waals surface area contributed by atoms with Crippen molar-refractivity contribution in [3.63, 3.8) is 0 Å². The second-order valence-electron chi connectivity index (χ2n) is 6.26. The van der Waals surface area contributed by atoms with E-state index in [1.54, 1.807) is 13.0 Å². The van der Waals surface area contributed by atoms with E-state index in [0.717, 1.165) is 11.8 Å². The number of hydrogen-bond acceptors (Lipinski definition) is 3. The zero-order valence-electron chi connectivity index (χ0n) is 14.7. The van der Waals surface area contributed by atoms with Crippen LogP contribution < -0.4 is 10.6 Å². The molecule has 0 saturated carbocycles. The molecule has 0 aliphatic rings. The number of urea groups is 1. The third-order valence-electron chi connectivity index (χ3n) is 3.70. The van der Waals surface area contributed by atoms with Crippen molar-refractivity contribution in [2.24, 2.45) is 5.92 Å². The highest BCUT2D eigenvalue weighted by Gasteiger charge is 2.22. The third kappa shape index (κ3) is 5.20. The lowest BCUT2D eigenvalue weighted by Gasteiger charge is -2.23. The zero-order valence-corrected chi connectivity index (χ0v) is 14.7. The first kappa shape index (κ1) is 18.8. The van der Waals surface area contributed by atoms with Crippen molar-refractivity contribution in [1.29, 1.82) is 0 Å². The predicted octanol–water partition coefficient (Wildman–Crippen LogP) is 3.57. The highest BCUT2D eigenvalue weighted by atomic mass is 19.1. The number of hydrogen-bond donors (Lipinski definition) is 2. The number of aryl methyl sites for hydroxylation is 2. The van der Waals surface area contributed by atoms with Gasteiger partial charge in [0, 0.05) is 17.3 Å². The number of nitrogens with zero attached hydrogens (tertiary/aromatic N) is 2. The minimum atomic E-state index is -0.680. The van der Waals surface area contributed by atoms with Gasteiger partial charge in [0.1, 0.15) is 17.5 Å². The van der Waals surface area contributed by atoms with Crippen LogP contribution in [0.15, 0.2) is 24.3 Å². The van der Waals surface area contributed by atoms with Crippen molar-refractivity contribution in [2.75, 3.05) is 0 Å². The van der Waals surface area contributed by atoms with Gasteiger partial charge in [0.25, 0.3) is 0 Å². The quantitative estimate of drug-likeness (QED) is 0.868. The molecule has 5 nitrogen and oxygen atoms in total. The summed E-state index contributed by atoms with van der Waals surface area (Å²) >= 11 is 0. The van der Waals surface area contributed by atoms with E-state index in [4.69, 9.17) is 0 Å². The Morgan fingerprint density at radius 3 is 2.48 bits per heavy atom. The molecule has 0 saturated heterocycles. The summed E-state index contributed by atoms with van der Waals surface area (Å²) in [5.41, 5.74) is 1.76. The summed E-state index contributed by atoms with van der Waals surface area (Å²) in [6.07, 6.45) is 0. The fraction of sp³-hybridized carbons (Fsp3) is 0.389. The van der Waals surface area contributed by atoms with Gasteiger partial charge in [-0.05, 0) is 31.9 Å². The van der Waals surface area contributed by atoms with Crippen LogP contribution in [0, 0.1) is 31.4 Å². The Morgan fingerprint density at radius 2 is 1.88 bits per heavy atom. The fourth-order valence-electron chi connectivity index (χ4n) is 2.60. The van der Waals surface area contributed by atoms with Gasteiger partial charge in [-0.3, -0.25) is 0 Å². The molecule has 2 rings (SSSR count). The van der Waals surface area contributed by atoms with E-state index in [2.05, 4.69) is 20.6 Å². The molecular formula is C18H22F2N4O. The van der Waals surface area contributed by atoms with E-state index in [0.29, 0.717) is 11.5 Å². The molecule has 25 heavy (non-hydrogen) atoms. The van der Waals surface area contributed by atoms with Gasteiger partial charge in [0.2, 0.25) is 0 Å². The van der Waals surface area contributed by atoms with E-state index in [9.17, 15) is 13.6 Å². The summed E-state index contributed by atoms with van der Waals surface area (Å²) in [4.78, 5) is 20.6. The summed E-state index contributed by atoms with van der Waals surface area (Å²) in [6, 6.07) is 4.11. The van der Waals surface area contributed by atoms with Gasteiger partial charge in [-0.1, -0.05) is 19.9 Å². The molecule has 2 N–H and O–H groups in total. The number of carbonyl (C=O) groups is 1. The van der Waals surface area contributed by atoms with Crippen molar-refractivity contribution < 1.29 is 13.6 Å².